The van der Waals surface area contributed by atoms with Crippen LogP contribution in [-0.2, 0) is 18.0 Å². The van der Waals surface area contributed by atoms with Crippen molar-refractivity contribution in [2.24, 2.45) is 5.92 Å². The summed E-state index contributed by atoms with van der Waals surface area (Å²) in [5, 5.41) is 2.94. The average molecular weight is 341 g/mol. The first kappa shape index (κ1) is 19.0. The Labute approximate surface area is 150 Å². The van der Waals surface area contributed by atoms with Gasteiger partial charge in [-0.2, -0.15) is 0 Å². The Morgan fingerprint density at radius 3 is 2.52 bits per heavy atom. The minimum absolute atomic E-state index is 0.0685. The Hall–Kier alpha value is -2.33. The van der Waals surface area contributed by atoms with Crippen LogP contribution in [0.25, 0.3) is 0 Å². The van der Waals surface area contributed by atoms with Gasteiger partial charge in [-0.05, 0) is 36.6 Å². The molecule has 0 atom stereocenters. The SMILES string of the molecule is CCOc1ccc(C(=O)NCC(C)C)cc1COCc1ccccc1. The van der Waals surface area contributed by atoms with Crippen LogP contribution in [0.4, 0.5) is 0 Å². The molecule has 0 spiro atoms. The van der Waals surface area contributed by atoms with Gasteiger partial charge in [0.15, 0.2) is 0 Å². The lowest BCUT2D eigenvalue weighted by atomic mass is 10.1. The summed E-state index contributed by atoms with van der Waals surface area (Å²) in [5.41, 5.74) is 2.63. The second-order valence-corrected chi connectivity index (χ2v) is 6.34. The molecule has 0 bridgehead atoms. The summed E-state index contributed by atoms with van der Waals surface area (Å²) in [6.07, 6.45) is 0. The summed E-state index contributed by atoms with van der Waals surface area (Å²) in [6, 6.07) is 15.5. The van der Waals surface area contributed by atoms with Crippen molar-refractivity contribution in [1.82, 2.24) is 5.32 Å². The van der Waals surface area contributed by atoms with Crippen molar-refractivity contribution in [3.05, 3.63) is 65.2 Å². The summed E-state index contributed by atoms with van der Waals surface area (Å²) in [6.45, 7) is 8.24. The highest BCUT2D eigenvalue weighted by molar-refractivity contribution is 5.94. The molecule has 4 heteroatoms. The summed E-state index contributed by atoms with van der Waals surface area (Å²) < 4.78 is 11.5. The molecule has 25 heavy (non-hydrogen) atoms. The second kappa shape index (κ2) is 9.84. The molecule has 0 aliphatic rings. The molecule has 0 aliphatic heterocycles. The van der Waals surface area contributed by atoms with Crippen LogP contribution in [-0.4, -0.2) is 19.1 Å². The van der Waals surface area contributed by atoms with Gasteiger partial charge in [0.1, 0.15) is 5.75 Å². The maximum absolute atomic E-state index is 12.3. The van der Waals surface area contributed by atoms with Crippen LogP contribution in [0.1, 0.15) is 42.3 Å². The van der Waals surface area contributed by atoms with E-state index < -0.39 is 0 Å². The van der Waals surface area contributed by atoms with Crippen LogP contribution in [0, 0.1) is 5.92 Å². The standard InChI is InChI=1S/C21H27NO3/c1-4-25-20-11-10-18(21(23)22-13-16(2)3)12-19(20)15-24-14-17-8-6-5-7-9-17/h5-12,16H,4,13-15H2,1-3H3,(H,22,23). The number of nitrogens with one attached hydrogen (secondary N) is 1. The third-order valence-electron chi connectivity index (χ3n) is 3.66. The summed E-state index contributed by atoms with van der Waals surface area (Å²) in [4.78, 5) is 12.3. The normalized spacial score (nSPS) is 10.7. The molecule has 0 radical (unpaired) electrons. The number of carbonyl (C=O) groups excluding carboxylic acids is 1. The van der Waals surface area contributed by atoms with Gasteiger partial charge in [-0.1, -0.05) is 44.2 Å². The number of carbonyl (C=O) groups is 1. The lowest BCUT2D eigenvalue weighted by Crippen LogP contribution is -2.27. The van der Waals surface area contributed by atoms with Crippen molar-refractivity contribution < 1.29 is 14.3 Å². The zero-order chi connectivity index (χ0) is 18.1. The molecule has 1 N–H and O–H groups in total. The van der Waals surface area contributed by atoms with Crippen LogP contribution < -0.4 is 10.1 Å². The predicted molar refractivity (Wildman–Crippen MR) is 99.7 cm³/mol. The van der Waals surface area contributed by atoms with E-state index >= 15 is 0 Å². The quantitative estimate of drug-likeness (QED) is 0.744. The van der Waals surface area contributed by atoms with Gasteiger partial charge < -0.3 is 14.8 Å². The topological polar surface area (TPSA) is 47.6 Å². The molecule has 2 aromatic rings. The Morgan fingerprint density at radius 2 is 1.84 bits per heavy atom. The molecule has 2 rings (SSSR count). The van der Waals surface area contributed by atoms with E-state index in [1.54, 1.807) is 6.07 Å². The smallest absolute Gasteiger partial charge is 0.251 e. The Bertz CT molecular complexity index is 668. The number of ether oxygens (including phenoxy) is 2. The Morgan fingerprint density at radius 1 is 1.08 bits per heavy atom. The van der Waals surface area contributed by atoms with Crippen molar-refractivity contribution >= 4 is 5.91 Å². The molecule has 1 amide bonds. The van der Waals surface area contributed by atoms with Gasteiger partial charge in [0.2, 0.25) is 0 Å². The van der Waals surface area contributed by atoms with Gasteiger partial charge in [0.25, 0.3) is 5.91 Å². The zero-order valence-electron chi connectivity index (χ0n) is 15.2. The maximum Gasteiger partial charge on any atom is 0.251 e. The van der Waals surface area contributed by atoms with Crippen LogP contribution >= 0.6 is 0 Å². The van der Waals surface area contributed by atoms with Gasteiger partial charge in [-0.15, -0.1) is 0 Å². The first-order valence-electron chi connectivity index (χ1n) is 8.75. The molecule has 2 aromatic carbocycles. The second-order valence-electron chi connectivity index (χ2n) is 6.34. The fourth-order valence-electron chi connectivity index (χ4n) is 2.38. The van der Waals surface area contributed by atoms with Gasteiger partial charge in [-0.3, -0.25) is 4.79 Å². The number of hydrogen-bond acceptors (Lipinski definition) is 3. The van der Waals surface area contributed by atoms with E-state index in [1.165, 1.54) is 0 Å². The third-order valence-corrected chi connectivity index (χ3v) is 3.66. The third kappa shape index (κ3) is 6.24. The average Bonchev–Trinajstić information content (AvgIpc) is 2.62. The molecule has 0 aliphatic carbocycles. The van der Waals surface area contributed by atoms with E-state index in [2.05, 4.69) is 19.2 Å². The summed E-state index contributed by atoms with van der Waals surface area (Å²) in [7, 11) is 0. The van der Waals surface area contributed by atoms with E-state index in [1.807, 2.05) is 49.4 Å². The van der Waals surface area contributed by atoms with Crippen molar-refractivity contribution in [3.8, 4) is 5.75 Å². The number of benzene rings is 2. The molecular formula is C21H27NO3. The van der Waals surface area contributed by atoms with E-state index in [0.29, 0.717) is 37.8 Å². The van der Waals surface area contributed by atoms with Crippen molar-refractivity contribution in [2.45, 2.75) is 34.0 Å². The van der Waals surface area contributed by atoms with Crippen LogP contribution in [0.3, 0.4) is 0 Å². The highest BCUT2D eigenvalue weighted by Gasteiger charge is 2.11. The fraction of sp³-hybridized carbons (Fsp3) is 0.381. The minimum atomic E-state index is -0.0685. The Balaban J connectivity index is 2.04. The maximum atomic E-state index is 12.3. The molecule has 0 saturated heterocycles. The van der Waals surface area contributed by atoms with Gasteiger partial charge in [0, 0.05) is 17.7 Å². The van der Waals surface area contributed by atoms with Crippen molar-refractivity contribution in [3.63, 3.8) is 0 Å². The summed E-state index contributed by atoms with van der Waals surface area (Å²) in [5.74, 6) is 1.11. The predicted octanol–water partition coefficient (Wildman–Crippen LogP) is 4.19. The minimum Gasteiger partial charge on any atom is -0.494 e. The monoisotopic (exact) mass is 341 g/mol. The van der Waals surface area contributed by atoms with Gasteiger partial charge >= 0.3 is 0 Å². The lowest BCUT2D eigenvalue weighted by molar-refractivity contribution is 0.0946. The highest BCUT2D eigenvalue weighted by atomic mass is 16.5. The van der Waals surface area contributed by atoms with Crippen molar-refractivity contribution in [2.75, 3.05) is 13.2 Å². The fourth-order valence-corrected chi connectivity index (χ4v) is 2.38. The molecule has 134 valence electrons. The van der Waals surface area contributed by atoms with E-state index in [-0.39, 0.29) is 5.91 Å². The Kier molecular flexibility index (Phi) is 7.48. The molecule has 0 heterocycles. The van der Waals surface area contributed by atoms with Gasteiger partial charge in [0.05, 0.1) is 19.8 Å². The van der Waals surface area contributed by atoms with Crippen LogP contribution in [0.15, 0.2) is 48.5 Å². The highest BCUT2D eigenvalue weighted by Crippen LogP contribution is 2.22. The molecule has 0 aromatic heterocycles. The number of hydrogen-bond donors (Lipinski definition) is 1. The first-order valence-corrected chi connectivity index (χ1v) is 8.75. The van der Waals surface area contributed by atoms with E-state index in [9.17, 15) is 4.79 Å². The van der Waals surface area contributed by atoms with Crippen molar-refractivity contribution in [1.29, 1.82) is 0 Å². The largest absolute Gasteiger partial charge is 0.494 e. The first-order chi connectivity index (χ1) is 12.1. The molecule has 0 saturated carbocycles. The van der Waals surface area contributed by atoms with Gasteiger partial charge in [-0.25, -0.2) is 0 Å². The number of rotatable bonds is 9. The molecule has 0 fully saturated rings. The van der Waals surface area contributed by atoms with E-state index in [0.717, 1.165) is 16.9 Å². The zero-order valence-corrected chi connectivity index (χ0v) is 15.2. The van der Waals surface area contributed by atoms with E-state index in [4.69, 9.17) is 9.47 Å². The van der Waals surface area contributed by atoms with Crippen LogP contribution in [0.2, 0.25) is 0 Å². The molecule has 4 nitrogen and oxygen atoms in total. The summed E-state index contributed by atoms with van der Waals surface area (Å²) >= 11 is 0. The molecular weight excluding hydrogens is 314 g/mol. The molecule has 0 unspecified atom stereocenters. The number of amides is 1. The lowest BCUT2D eigenvalue weighted by Gasteiger charge is -2.13. The van der Waals surface area contributed by atoms with Crippen LogP contribution in [0.5, 0.6) is 5.75 Å².